The third-order valence-electron chi connectivity index (χ3n) is 4.18. The number of aromatic nitrogens is 2. The number of nitrogens with one attached hydrogen (secondary N) is 2. The lowest BCUT2D eigenvalue weighted by molar-refractivity contribution is 0.0925. The summed E-state index contributed by atoms with van der Waals surface area (Å²) < 4.78 is 0.890. The van der Waals surface area contributed by atoms with Gasteiger partial charge in [0.2, 0.25) is 0 Å². The number of rotatable bonds is 3. The van der Waals surface area contributed by atoms with Gasteiger partial charge in [-0.25, -0.2) is 4.79 Å². The van der Waals surface area contributed by atoms with Crippen LogP contribution in [-0.2, 0) is 0 Å². The highest BCUT2D eigenvalue weighted by Gasteiger charge is 2.23. The molecule has 3 N–H and O–H groups in total. The second kappa shape index (κ2) is 6.57. The summed E-state index contributed by atoms with van der Waals surface area (Å²) >= 11 is 3.39. The van der Waals surface area contributed by atoms with E-state index in [4.69, 9.17) is 5.11 Å². The van der Waals surface area contributed by atoms with E-state index in [1.807, 2.05) is 18.2 Å². The maximum absolute atomic E-state index is 12.3. The molecule has 2 heterocycles. The van der Waals surface area contributed by atoms with Crippen molar-refractivity contribution in [3.63, 3.8) is 0 Å². The van der Waals surface area contributed by atoms with Crippen LogP contribution in [0.4, 0.5) is 4.79 Å². The number of hydrogen-bond acceptors (Lipinski definition) is 3. The van der Waals surface area contributed by atoms with Gasteiger partial charge in [0.15, 0.2) is 5.69 Å². The number of hydrogen-bond donors (Lipinski definition) is 3. The molecule has 1 aliphatic heterocycles. The summed E-state index contributed by atoms with van der Waals surface area (Å²) in [5.41, 5.74) is 1.19. The number of halogens is 1. The maximum Gasteiger partial charge on any atom is 0.407 e. The first-order valence-electron chi connectivity index (χ1n) is 7.44. The fourth-order valence-corrected chi connectivity index (χ4v) is 3.17. The Morgan fingerprint density at radius 1 is 1.39 bits per heavy atom. The van der Waals surface area contributed by atoms with Crippen LogP contribution in [0.25, 0.3) is 10.9 Å². The molecule has 0 radical (unpaired) electrons. The normalized spacial score (nSPS) is 15.8. The Kier molecular flexibility index (Phi) is 4.51. The zero-order valence-corrected chi connectivity index (χ0v) is 14.0. The van der Waals surface area contributed by atoms with Gasteiger partial charge in [0.25, 0.3) is 5.91 Å². The van der Waals surface area contributed by atoms with Crippen LogP contribution in [0.15, 0.2) is 22.7 Å². The first-order chi connectivity index (χ1) is 11.0. The zero-order valence-electron chi connectivity index (χ0n) is 12.4. The van der Waals surface area contributed by atoms with Gasteiger partial charge in [0, 0.05) is 29.5 Å². The van der Waals surface area contributed by atoms with Gasteiger partial charge in [-0.2, -0.15) is 5.10 Å². The Hall–Kier alpha value is -2.09. The highest BCUT2D eigenvalue weighted by molar-refractivity contribution is 9.10. The summed E-state index contributed by atoms with van der Waals surface area (Å²) in [6.45, 7) is 1.58. The molecular formula is C15H17BrN4O3. The molecular weight excluding hydrogens is 364 g/mol. The number of H-pyrrole nitrogens is 1. The van der Waals surface area contributed by atoms with Gasteiger partial charge in [-0.15, -0.1) is 0 Å². The summed E-state index contributed by atoms with van der Waals surface area (Å²) in [4.78, 5) is 24.6. The molecule has 2 amide bonds. The van der Waals surface area contributed by atoms with E-state index in [2.05, 4.69) is 31.4 Å². The Labute approximate surface area is 141 Å². The average molecular weight is 381 g/mol. The molecule has 23 heavy (non-hydrogen) atoms. The second-order valence-corrected chi connectivity index (χ2v) is 6.60. The van der Waals surface area contributed by atoms with Gasteiger partial charge in [0.1, 0.15) is 0 Å². The van der Waals surface area contributed by atoms with Gasteiger partial charge in [-0.05, 0) is 37.0 Å². The van der Waals surface area contributed by atoms with Crippen molar-refractivity contribution in [1.29, 1.82) is 0 Å². The molecule has 1 aromatic heterocycles. The molecule has 3 rings (SSSR count). The van der Waals surface area contributed by atoms with E-state index in [1.165, 1.54) is 4.90 Å². The molecule has 0 saturated carbocycles. The second-order valence-electron chi connectivity index (χ2n) is 5.69. The molecule has 0 aliphatic carbocycles. The predicted octanol–water partition coefficient (Wildman–Crippen LogP) is 2.45. The number of carbonyl (C=O) groups excluding carboxylic acids is 1. The molecule has 2 aromatic rings. The third kappa shape index (κ3) is 3.47. The van der Waals surface area contributed by atoms with E-state index in [-0.39, 0.29) is 5.91 Å². The van der Waals surface area contributed by atoms with Gasteiger partial charge in [0.05, 0.1) is 5.52 Å². The van der Waals surface area contributed by atoms with Gasteiger partial charge in [-0.3, -0.25) is 9.89 Å². The predicted molar refractivity (Wildman–Crippen MR) is 88.4 cm³/mol. The molecule has 8 heteroatoms. The van der Waals surface area contributed by atoms with Crippen LogP contribution in [0.2, 0.25) is 0 Å². The highest BCUT2D eigenvalue weighted by atomic mass is 79.9. The minimum absolute atomic E-state index is 0.213. The van der Waals surface area contributed by atoms with Crippen molar-refractivity contribution < 1.29 is 14.7 Å². The Morgan fingerprint density at radius 3 is 2.83 bits per heavy atom. The maximum atomic E-state index is 12.3. The van der Waals surface area contributed by atoms with Crippen LogP contribution in [0.3, 0.4) is 0 Å². The summed E-state index contributed by atoms with van der Waals surface area (Å²) in [6.07, 6.45) is 0.653. The first kappa shape index (κ1) is 15.8. The molecule has 0 atom stereocenters. The van der Waals surface area contributed by atoms with Crippen LogP contribution in [0, 0.1) is 5.92 Å². The lowest BCUT2D eigenvalue weighted by atomic mass is 9.97. The number of carboxylic acid groups (broad SMARTS) is 1. The Morgan fingerprint density at radius 2 is 2.13 bits per heavy atom. The van der Waals surface area contributed by atoms with E-state index in [9.17, 15) is 9.59 Å². The van der Waals surface area contributed by atoms with Crippen LogP contribution < -0.4 is 5.32 Å². The number of benzene rings is 1. The fourth-order valence-electron chi connectivity index (χ4n) is 2.81. The lowest BCUT2D eigenvalue weighted by Gasteiger charge is -2.29. The number of nitrogens with zero attached hydrogens (tertiary/aromatic N) is 2. The number of piperidine rings is 1. The summed E-state index contributed by atoms with van der Waals surface area (Å²) in [5.74, 6) is 0.0847. The molecule has 122 valence electrons. The van der Waals surface area contributed by atoms with E-state index in [1.54, 1.807) is 0 Å². The van der Waals surface area contributed by atoms with Gasteiger partial charge >= 0.3 is 6.09 Å². The van der Waals surface area contributed by atoms with Crippen LogP contribution in [0.5, 0.6) is 0 Å². The summed E-state index contributed by atoms with van der Waals surface area (Å²) in [5, 5.41) is 19.6. The number of amides is 2. The van der Waals surface area contributed by atoms with Crippen LogP contribution in [-0.4, -0.2) is 51.8 Å². The molecule has 1 fully saturated rings. The van der Waals surface area contributed by atoms with E-state index in [0.717, 1.165) is 28.2 Å². The largest absolute Gasteiger partial charge is 0.465 e. The highest BCUT2D eigenvalue weighted by Crippen LogP contribution is 2.21. The standard InChI is InChI=1S/C15H17BrN4O3/c16-10-1-2-12-11(7-10)13(19-18-12)14(21)17-8-9-3-5-20(6-4-9)15(22)23/h1-2,7,9H,3-6,8H2,(H,17,21)(H,18,19)(H,22,23). The van der Waals surface area contributed by atoms with Crippen molar-refractivity contribution >= 4 is 38.8 Å². The number of fused-ring (bicyclic) bond motifs is 1. The SMILES string of the molecule is O=C(NCC1CCN(C(=O)O)CC1)c1n[nH]c2ccc(Br)cc12. The number of aromatic amines is 1. The van der Waals surface area contributed by atoms with E-state index < -0.39 is 6.09 Å². The van der Waals surface area contributed by atoms with Crippen molar-refractivity contribution in [2.75, 3.05) is 19.6 Å². The lowest BCUT2D eigenvalue weighted by Crippen LogP contribution is -2.41. The quantitative estimate of drug-likeness (QED) is 0.761. The molecule has 7 nitrogen and oxygen atoms in total. The van der Waals surface area contributed by atoms with Gasteiger partial charge < -0.3 is 15.3 Å². The van der Waals surface area contributed by atoms with Crippen molar-refractivity contribution in [3.8, 4) is 0 Å². The fraction of sp³-hybridized carbons (Fsp3) is 0.400. The average Bonchev–Trinajstić information content (AvgIpc) is 2.96. The van der Waals surface area contributed by atoms with E-state index in [0.29, 0.717) is 31.2 Å². The molecule has 1 saturated heterocycles. The van der Waals surface area contributed by atoms with Crippen molar-refractivity contribution in [2.24, 2.45) is 5.92 Å². The topological polar surface area (TPSA) is 98.3 Å². The summed E-state index contributed by atoms with van der Waals surface area (Å²) in [6, 6.07) is 5.61. The first-order valence-corrected chi connectivity index (χ1v) is 8.23. The minimum Gasteiger partial charge on any atom is -0.465 e. The van der Waals surface area contributed by atoms with Crippen molar-refractivity contribution in [2.45, 2.75) is 12.8 Å². The zero-order chi connectivity index (χ0) is 16.4. The Balaban J connectivity index is 1.59. The molecule has 0 spiro atoms. The molecule has 0 unspecified atom stereocenters. The third-order valence-corrected chi connectivity index (χ3v) is 4.67. The van der Waals surface area contributed by atoms with Crippen LogP contribution >= 0.6 is 15.9 Å². The number of likely N-dealkylation sites (tertiary alicyclic amines) is 1. The minimum atomic E-state index is -0.874. The van der Waals surface area contributed by atoms with Crippen LogP contribution in [0.1, 0.15) is 23.3 Å². The van der Waals surface area contributed by atoms with Crippen molar-refractivity contribution in [1.82, 2.24) is 20.4 Å². The monoisotopic (exact) mass is 380 g/mol. The number of carbonyl (C=O) groups is 2. The Bertz CT molecular complexity index is 737. The van der Waals surface area contributed by atoms with E-state index >= 15 is 0 Å². The molecule has 1 aromatic carbocycles. The smallest absolute Gasteiger partial charge is 0.407 e. The van der Waals surface area contributed by atoms with Gasteiger partial charge in [-0.1, -0.05) is 15.9 Å². The van der Waals surface area contributed by atoms with Crippen molar-refractivity contribution in [3.05, 3.63) is 28.4 Å². The molecule has 1 aliphatic rings. The summed E-state index contributed by atoms with van der Waals surface area (Å²) in [7, 11) is 0. The molecule has 0 bridgehead atoms.